The lowest BCUT2D eigenvalue weighted by atomic mass is 10.1. The van der Waals surface area contributed by atoms with Crippen LogP contribution < -0.4 is 0 Å². The maximum Gasteiger partial charge on any atom is 0.328 e. The summed E-state index contributed by atoms with van der Waals surface area (Å²) in [4.78, 5) is 25.1. The minimum absolute atomic E-state index is 0.0301. The van der Waals surface area contributed by atoms with Crippen LogP contribution in [0.4, 0.5) is 4.39 Å². The number of carbonyl (C=O) groups is 2. The number of ether oxygens (including phenoxy) is 1. The summed E-state index contributed by atoms with van der Waals surface area (Å²) in [6, 6.07) is 3.02. The van der Waals surface area contributed by atoms with Crippen LogP contribution in [0.15, 0.2) is 23.1 Å². The molecule has 1 heterocycles. The molecule has 0 aliphatic carbocycles. The van der Waals surface area contributed by atoms with Gasteiger partial charge in [0.25, 0.3) is 5.91 Å². The van der Waals surface area contributed by atoms with Crippen molar-refractivity contribution in [3.05, 3.63) is 29.6 Å². The van der Waals surface area contributed by atoms with E-state index in [0.29, 0.717) is 11.5 Å². The van der Waals surface area contributed by atoms with E-state index in [1.54, 1.807) is 6.26 Å². The lowest BCUT2D eigenvalue weighted by Crippen LogP contribution is -2.52. The third-order valence-corrected chi connectivity index (χ3v) is 3.83. The van der Waals surface area contributed by atoms with Crippen molar-refractivity contribution in [1.29, 1.82) is 0 Å². The minimum atomic E-state index is -1.11. The van der Waals surface area contributed by atoms with E-state index in [1.807, 2.05) is 0 Å². The number of morpholine rings is 1. The summed E-state index contributed by atoms with van der Waals surface area (Å²) in [6.45, 7) is 0.478. The number of hydrogen-bond acceptors (Lipinski definition) is 4. The molecular weight excluding hydrogens is 285 g/mol. The molecule has 1 aromatic carbocycles. The number of carboxylic acids is 1. The van der Waals surface area contributed by atoms with Crippen molar-refractivity contribution in [2.45, 2.75) is 10.9 Å². The van der Waals surface area contributed by atoms with Gasteiger partial charge in [-0.25, -0.2) is 9.18 Å². The number of carboxylic acid groups (broad SMARTS) is 1. The topological polar surface area (TPSA) is 66.8 Å². The van der Waals surface area contributed by atoms with E-state index in [1.165, 1.54) is 34.9 Å². The highest BCUT2D eigenvalue weighted by Gasteiger charge is 2.33. The molecule has 1 atom stereocenters. The van der Waals surface area contributed by atoms with Crippen LogP contribution in [-0.2, 0) is 9.53 Å². The number of halogens is 1. The molecule has 1 aliphatic heterocycles. The third kappa shape index (κ3) is 2.94. The molecule has 108 valence electrons. The van der Waals surface area contributed by atoms with Crippen LogP contribution in [0.25, 0.3) is 0 Å². The summed E-state index contributed by atoms with van der Waals surface area (Å²) in [5.41, 5.74) is 0.281. The Hall–Kier alpha value is -1.60. The monoisotopic (exact) mass is 299 g/mol. The molecule has 1 unspecified atom stereocenters. The Balaban J connectivity index is 2.27. The van der Waals surface area contributed by atoms with Gasteiger partial charge in [-0.05, 0) is 24.5 Å². The normalized spacial score (nSPS) is 18.9. The first-order chi connectivity index (χ1) is 9.54. The fraction of sp³-hybridized carbons (Fsp3) is 0.385. The number of aliphatic carboxylic acids is 1. The van der Waals surface area contributed by atoms with Crippen LogP contribution in [0.1, 0.15) is 10.4 Å². The summed E-state index contributed by atoms with van der Waals surface area (Å²) in [5, 5.41) is 9.11. The number of hydrogen-bond donors (Lipinski definition) is 1. The van der Waals surface area contributed by atoms with Crippen LogP contribution in [0, 0.1) is 5.82 Å². The first-order valence-corrected chi connectivity index (χ1v) is 7.22. The Bertz CT molecular complexity index is 537. The highest BCUT2D eigenvalue weighted by Crippen LogP contribution is 2.22. The fourth-order valence-electron chi connectivity index (χ4n) is 2.01. The second-order valence-corrected chi connectivity index (χ2v) is 5.12. The van der Waals surface area contributed by atoms with Gasteiger partial charge in [-0.15, -0.1) is 11.8 Å². The average Bonchev–Trinajstić information content (AvgIpc) is 2.47. The van der Waals surface area contributed by atoms with Gasteiger partial charge in [0.1, 0.15) is 5.82 Å². The summed E-state index contributed by atoms with van der Waals surface area (Å²) in [5.74, 6) is -1.92. The molecule has 0 saturated carbocycles. The second kappa shape index (κ2) is 6.23. The zero-order valence-electron chi connectivity index (χ0n) is 10.8. The number of thioether (sulfide) groups is 1. The Morgan fingerprint density at radius 3 is 2.90 bits per heavy atom. The number of rotatable bonds is 3. The molecule has 1 amide bonds. The number of benzene rings is 1. The molecule has 1 saturated heterocycles. The molecule has 1 fully saturated rings. The van der Waals surface area contributed by atoms with Gasteiger partial charge in [0, 0.05) is 17.0 Å². The number of carbonyl (C=O) groups excluding carboxylic acids is 1. The molecule has 0 bridgehead atoms. The minimum Gasteiger partial charge on any atom is -0.480 e. The van der Waals surface area contributed by atoms with E-state index in [0.717, 1.165) is 0 Å². The fourth-order valence-corrected chi connectivity index (χ4v) is 2.52. The Morgan fingerprint density at radius 2 is 2.25 bits per heavy atom. The van der Waals surface area contributed by atoms with Crippen LogP contribution in [-0.4, -0.2) is 53.9 Å². The predicted molar refractivity (Wildman–Crippen MR) is 71.5 cm³/mol. The van der Waals surface area contributed by atoms with Gasteiger partial charge in [-0.1, -0.05) is 0 Å². The van der Waals surface area contributed by atoms with Gasteiger partial charge in [0.2, 0.25) is 0 Å². The molecule has 1 aliphatic rings. The largest absolute Gasteiger partial charge is 0.480 e. The third-order valence-electron chi connectivity index (χ3n) is 3.07. The van der Waals surface area contributed by atoms with E-state index in [4.69, 9.17) is 9.84 Å². The summed E-state index contributed by atoms with van der Waals surface area (Å²) in [6.07, 6.45) is 1.71. The molecular formula is C13H14FNO4S. The van der Waals surface area contributed by atoms with Crippen molar-refractivity contribution in [2.75, 3.05) is 26.0 Å². The van der Waals surface area contributed by atoms with E-state index in [-0.39, 0.29) is 18.7 Å². The zero-order valence-corrected chi connectivity index (χ0v) is 11.7. The highest BCUT2D eigenvalue weighted by atomic mass is 32.2. The van der Waals surface area contributed by atoms with Gasteiger partial charge in [0.05, 0.1) is 13.2 Å². The Kier molecular flexibility index (Phi) is 4.61. The molecule has 1 aromatic rings. The maximum atomic E-state index is 13.4. The van der Waals surface area contributed by atoms with Gasteiger partial charge in [0.15, 0.2) is 6.04 Å². The zero-order chi connectivity index (χ0) is 14.7. The van der Waals surface area contributed by atoms with Crippen molar-refractivity contribution < 1.29 is 23.8 Å². The Morgan fingerprint density at radius 1 is 1.50 bits per heavy atom. The van der Waals surface area contributed by atoms with Crippen molar-refractivity contribution in [3.8, 4) is 0 Å². The first kappa shape index (κ1) is 14.8. The molecule has 7 heteroatoms. The lowest BCUT2D eigenvalue weighted by Gasteiger charge is -2.32. The van der Waals surface area contributed by atoms with Crippen molar-refractivity contribution in [2.24, 2.45) is 0 Å². The van der Waals surface area contributed by atoms with Crippen LogP contribution in [0.3, 0.4) is 0 Å². The summed E-state index contributed by atoms with van der Waals surface area (Å²) >= 11 is 1.19. The van der Waals surface area contributed by atoms with Crippen molar-refractivity contribution >= 4 is 23.6 Å². The summed E-state index contributed by atoms with van der Waals surface area (Å²) < 4.78 is 18.5. The van der Waals surface area contributed by atoms with Crippen LogP contribution in [0.5, 0.6) is 0 Å². The van der Waals surface area contributed by atoms with Gasteiger partial charge in [-0.2, -0.15) is 0 Å². The van der Waals surface area contributed by atoms with Crippen molar-refractivity contribution in [1.82, 2.24) is 4.90 Å². The molecule has 5 nitrogen and oxygen atoms in total. The van der Waals surface area contributed by atoms with E-state index in [2.05, 4.69) is 0 Å². The van der Waals surface area contributed by atoms with Gasteiger partial charge < -0.3 is 14.7 Å². The van der Waals surface area contributed by atoms with E-state index >= 15 is 0 Å². The molecule has 0 radical (unpaired) electrons. The summed E-state index contributed by atoms with van der Waals surface area (Å²) in [7, 11) is 0. The first-order valence-electron chi connectivity index (χ1n) is 5.99. The maximum absolute atomic E-state index is 13.4. The standard InChI is InChI=1S/C13H14FNO4S/c1-20-11-6-8(2-3-9(11)14)12(16)15-4-5-19-7-10(15)13(17)18/h2-3,6,10H,4-5,7H2,1H3,(H,17,18). The average molecular weight is 299 g/mol. The number of amides is 1. The van der Waals surface area contributed by atoms with Gasteiger partial charge >= 0.3 is 5.97 Å². The molecule has 0 aromatic heterocycles. The van der Waals surface area contributed by atoms with Crippen molar-refractivity contribution in [3.63, 3.8) is 0 Å². The number of nitrogens with zero attached hydrogens (tertiary/aromatic N) is 1. The van der Waals surface area contributed by atoms with E-state index in [9.17, 15) is 14.0 Å². The van der Waals surface area contributed by atoms with Gasteiger partial charge in [-0.3, -0.25) is 4.79 Å². The highest BCUT2D eigenvalue weighted by molar-refractivity contribution is 7.98. The molecule has 20 heavy (non-hydrogen) atoms. The smallest absolute Gasteiger partial charge is 0.328 e. The molecule has 0 spiro atoms. The lowest BCUT2D eigenvalue weighted by molar-refractivity contribution is -0.147. The molecule has 2 rings (SSSR count). The quantitative estimate of drug-likeness (QED) is 0.856. The SMILES string of the molecule is CSc1cc(C(=O)N2CCOCC2C(=O)O)ccc1F. The second-order valence-electron chi connectivity index (χ2n) is 4.28. The van der Waals surface area contributed by atoms with E-state index < -0.39 is 23.7 Å². The Labute approximate surface area is 119 Å². The van der Waals surface area contributed by atoms with Crippen LogP contribution >= 0.6 is 11.8 Å². The molecule has 1 N–H and O–H groups in total. The predicted octanol–water partition coefficient (Wildman–Crippen LogP) is 1.47. The van der Waals surface area contributed by atoms with Crippen LogP contribution in [0.2, 0.25) is 0 Å².